The summed E-state index contributed by atoms with van der Waals surface area (Å²) in [5, 5.41) is 13.4. The third-order valence-corrected chi connectivity index (χ3v) is 7.37. The minimum Gasteiger partial charge on any atom is -0.480 e. The summed E-state index contributed by atoms with van der Waals surface area (Å²) in [6, 6.07) is 13.0. The van der Waals surface area contributed by atoms with Crippen molar-refractivity contribution in [1.29, 1.82) is 0 Å². The van der Waals surface area contributed by atoms with Gasteiger partial charge in [-0.3, -0.25) is 9.69 Å². The number of ether oxygens (including phenoxy) is 1. The Hall–Kier alpha value is -3.23. The maximum Gasteiger partial charge on any atom is 0.317 e. The monoisotopic (exact) mass is 490 g/mol. The largest absolute Gasteiger partial charge is 0.480 e. The molecule has 36 heavy (non-hydrogen) atoms. The molecule has 0 saturated carbocycles. The van der Waals surface area contributed by atoms with Gasteiger partial charge in [-0.05, 0) is 67.5 Å². The number of piperidine rings is 1. The number of fused-ring (bicyclic) bond motifs is 1. The zero-order valence-corrected chi connectivity index (χ0v) is 21.1. The number of anilines is 1. The molecule has 8 nitrogen and oxygen atoms in total. The highest BCUT2D eigenvalue weighted by atomic mass is 16.5. The van der Waals surface area contributed by atoms with Gasteiger partial charge in [-0.25, -0.2) is 0 Å². The number of rotatable bonds is 8. The van der Waals surface area contributed by atoms with Crippen LogP contribution in [0.15, 0.2) is 40.9 Å². The molecule has 0 bridgehead atoms. The number of hydrogen-bond donors (Lipinski definition) is 1. The predicted molar refractivity (Wildman–Crippen MR) is 138 cm³/mol. The first-order chi connectivity index (χ1) is 17.6. The Kier molecular flexibility index (Phi) is 7.34. The van der Waals surface area contributed by atoms with E-state index in [4.69, 9.17) is 19.4 Å². The fourth-order valence-electron chi connectivity index (χ4n) is 5.55. The van der Waals surface area contributed by atoms with Crippen LogP contribution < -0.4 is 4.90 Å². The first-order valence-corrected chi connectivity index (χ1v) is 12.8. The number of benzene rings is 2. The number of carboxylic acids is 1. The Morgan fingerprint density at radius 2 is 2.00 bits per heavy atom. The Morgan fingerprint density at radius 3 is 2.81 bits per heavy atom. The van der Waals surface area contributed by atoms with E-state index in [0.717, 1.165) is 48.2 Å². The van der Waals surface area contributed by atoms with Crippen molar-refractivity contribution in [3.63, 3.8) is 0 Å². The SMILES string of the molecule is CCC1CCCCN1c1ccc(-c2nc(-c3ccc4c(c3)CN(CC(=O)O)CC4)no2)cc1COC. The lowest BCUT2D eigenvalue weighted by atomic mass is 9.97. The lowest BCUT2D eigenvalue weighted by Gasteiger charge is -2.38. The van der Waals surface area contributed by atoms with Crippen LogP contribution in [0.5, 0.6) is 0 Å². The van der Waals surface area contributed by atoms with Crippen LogP contribution in [-0.2, 0) is 29.1 Å². The van der Waals surface area contributed by atoms with E-state index in [1.807, 2.05) is 11.0 Å². The second kappa shape index (κ2) is 10.8. The molecule has 1 unspecified atom stereocenters. The Balaban J connectivity index is 1.40. The van der Waals surface area contributed by atoms with Crippen LogP contribution in [0.25, 0.3) is 22.8 Å². The van der Waals surface area contributed by atoms with E-state index in [2.05, 4.69) is 47.3 Å². The van der Waals surface area contributed by atoms with Gasteiger partial charge in [0.15, 0.2) is 0 Å². The molecule has 1 N–H and O–H groups in total. The van der Waals surface area contributed by atoms with Crippen LogP contribution in [0, 0.1) is 0 Å². The van der Waals surface area contributed by atoms with E-state index in [1.54, 1.807) is 7.11 Å². The zero-order chi connectivity index (χ0) is 25.1. The van der Waals surface area contributed by atoms with Gasteiger partial charge in [0, 0.05) is 55.2 Å². The average molecular weight is 491 g/mol. The van der Waals surface area contributed by atoms with Crippen molar-refractivity contribution >= 4 is 11.7 Å². The third kappa shape index (κ3) is 5.15. The number of aliphatic carboxylic acids is 1. The fraction of sp³-hybridized carbons (Fsp3) is 0.464. The first-order valence-electron chi connectivity index (χ1n) is 12.8. The van der Waals surface area contributed by atoms with Crippen molar-refractivity contribution in [3.05, 3.63) is 53.1 Å². The highest BCUT2D eigenvalue weighted by molar-refractivity contribution is 5.69. The maximum absolute atomic E-state index is 11.1. The molecule has 5 rings (SSSR count). The topological polar surface area (TPSA) is 91.9 Å². The van der Waals surface area contributed by atoms with Gasteiger partial charge in [0.1, 0.15) is 0 Å². The number of carboxylic acid groups (broad SMARTS) is 1. The molecule has 3 heterocycles. The standard InChI is InChI=1S/C28H34N4O4/c1-3-24-6-4-5-12-32(24)25-10-9-21(15-23(25)18-35-2)28-29-27(30-36-28)20-8-7-19-11-13-31(17-26(33)34)16-22(19)14-20/h7-10,14-15,24H,3-6,11-13,16-18H2,1-2H3,(H,33,34). The molecule has 1 aromatic heterocycles. The summed E-state index contributed by atoms with van der Waals surface area (Å²) in [5.41, 5.74) is 6.46. The molecule has 1 fully saturated rings. The summed E-state index contributed by atoms with van der Waals surface area (Å²) in [6.07, 6.45) is 5.71. The highest BCUT2D eigenvalue weighted by Gasteiger charge is 2.24. The molecule has 0 radical (unpaired) electrons. The molecule has 2 aliphatic heterocycles. The normalized spacial score (nSPS) is 18.3. The number of aromatic nitrogens is 2. The molecule has 2 aromatic carbocycles. The van der Waals surface area contributed by atoms with Gasteiger partial charge in [-0.1, -0.05) is 24.2 Å². The molecule has 0 aliphatic carbocycles. The van der Waals surface area contributed by atoms with Gasteiger partial charge in [0.2, 0.25) is 5.82 Å². The van der Waals surface area contributed by atoms with E-state index in [9.17, 15) is 4.79 Å². The average Bonchev–Trinajstić information content (AvgIpc) is 3.38. The number of carbonyl (C=O) groups is 1. The van der Waals surface area contributed by atoms with Crippen LogP contribution in [0.4, 0.5) is 5.69 Å². The quantitative estimate of drug-likeness (QED) is 0.483. The molecule has 2 aliphatic rings. The molecular formula is C28H34N4O4. The lowest BCUT2D eigenvalue weighted by Crippen LogP contribution is -2.39. The summed E-state index contributed by atoms with van der Waals surface area (Å²) in [4.78, 5) is 20.3. The molecule has 190 valence electrons. The Labute approximate surface area is 211 Å². The van der Waals surface area contributed by atoms with Gasteiger partial charge >= 0.3 is 5.97 Å². The third-order valence-electron chi connectivity index (χ3n) is 7.37. The van der Waals surface area contributed by atoms with Crippen molar-refractivity contribution in [3.8, 4) is 22.8 Å². The van der Waals surface area contributed by atoms with Crippen molar-refractivity contribution in [1.82, 2.24) is 15.0 Å². The van der Waals surface area contributed by atoms with E-state index in [1.165, 1.54) is 30.5 Å². The molecule has 1 saturated heterocycles. The van der Waals surface area contributed by atoms with Crippen LogP contribution in [0.2, 0.25) is 0 Å². The number of hydrogen-bond acceptors (Lipinski definition) is 7. The van der Waals surface area contributed by atoms with Crippen molar-refractivity contribution < 1.29 is 19.2 Å². The highest BCUT2D eigenvalue weighted by Crippen LogP contribution is 2.33. The molecule has 3 aromatic rings. The Morgan fingerprint density at radius 1 is 1.14 bits per heavy atom. The zero-order valence-electron chi connectivity index (χ0n) is 21.1. The van der Waals surface area contributed by atoms with Crippen molar-refractivity contribution in [2.24, 2.45) is 0 Å². The number of methoxy groups -OCH3 is 1. The van der Waals surface area contributed by atoms with E-state index >= 15 is 0 Å². The van der Waals surface area contributed by atoms with Crippen LogP contribution in [-0.4, -0.2) is 58.9 Å². The molecule has 0 amide bonds. The van der Waals surface area contributed by atoms with Crippen LogP contribution in [0.1, 0.15) is 49.3 Å². The van der Waals surface area contributed by atoms with Gasteiger partial charge in [-0.2, -0.15) is 4.98 Å². The summed E-state index contributed by atoms with van der Waals surface area (Å²) >= 11 is 0. The van der Waals surface area contributed by atoms with Crippen molar-refractivity contribution in [2.45, 2.75) is 58.2 Å². The first kappa shape index (κ1) is 24.5. The molecule has 8 heteroatoms. The van der Waals surface area contributed by atoms with Crippen molar-refractivity contribution in [2.75, 3.05) is 31.6 Å². The minimum atomic E-state index is -0.804. The smallest absolute Gasteiger partial charge is 0.317 e. The van der Waals surface area contributed by atoms with Crippen LogP contribution >= 0.6 is 0 Å². The van der Waals surface area contributed by atoms with E-state index < -0.39 is 5.97 Å². The van der Waals surface area contributed by atoms with Gasteiger partial charge < -0.3 is 19.3 Å². The Bertz CT molecular complexity index is 1220. The molecule has 0 spiro atoms. The van der Waals surface area contributed by atoms with Gasteiger partial charge in [0.25, 0.3) is 5.89 Å². The van der Waals surface area contributed by atoms with Crippen LogP contribution in [0.3, 0.4) is 0 Å². The van der Waals surface area contributed by atoms with Gasteiger partial charge in [0.05, 0.1) is 13.2 Å². The summed E-state index contributed by atoms with van der Waals surface area (Å²) in [7, 11) is 1.72. The minimum absolute atomic E-state index is 0.0479. The summed E-state index contributed by atoms with van der Waals surface area (Å²) in [5.74, 6) is 0.203. The second-order valence-electron chi connectivity index (χ2n) is 9.79. The molecule has 1 atom stereocenters. The van der Waals surface area contributed by atoms with E-state index in [0.29, 0.717) is 30.9 Å². The fourth-order valence-corrected chi connectivity index (χ4v) is 5.55. The number of nitrogens with zero attached hydrogens (tertiary/aromatic N) is 4. The van der Waals surface area contributed by atoms with Gasteiger partial charge in [-0.15, -0.1) is 0 Å². The summed E-state index contributed by atoms with van der Waals surface area (Å²) < 4.78 is 11.2. The maximum atomic E-state index is 11.1. The summed E-state index contributed by atoms with van der Waals surface area (Å²) in [6.45, 7) is 5.26. The molecular weight excluding hydrogens is 456 g/mol. The second-order valence-corrected chi connectivity index (χ2v) is 9.79. The lowest BCUT2D eigenvalue weighted by molar-refractivity contribution is -0.138. The predicted octanol–water partition coefficient (Wildman–Crippen LogP) is 4.76. The van der Waals surface area contributed by atoms with E-state index in [-0.39, 0.29) is 6.54 Å².